The van der Waals surface area contributed by atoms with E-state index in [1.54, 1.807) is 0 Å². The van der Waals surface area contributed by atoms with Crippen LogP contribution in [0.25, 0.3) is 0 Å². The average Bonchev–Trinajstić information content (AvgIpc) is 2.43. The van der Waals surface area contributed by atoms with Gasteiger partial charge in [-0.3, -0.25) is 0 Å². The molecule has 1 N–H and O–H groups in total. The molecule has 2 unspecified atom stereocenters. The second-order valence-corrected chi connectivity index (χ2v) is 5.62. The van der Waals surface area contributed by atoms with Gasteiger partial charge in [0.25, 0.3) is 0 Å². The van der Waals surface area contributed by atoms with E-state index in [1.807, 2.05) is 42.1 Å². The molecule has 0 aliphatic heterocycles. The minimum absolute atomic E-state index is 0.0966. The van der Waals surface area contributed by atoms with Gasteiger partial charge in [-0.05, 0) is 49.1 Å². The van der Waals surface area contributed by atoms with Gasteiger partial charge in [0, 0.05) is 6.04 Å². The lowest BCUT2D eigenvalue weighted by Gasteiger charge is -2.18. The quantitative estimate of drug-likeness (QED) is 0.793. The first-order chi connectivity index (χ1) is 9.17. The van der Waals surface area contributed by atoms with Crippen LogP contribution in [0.2, 0.25) is 0 Å². The highest BCUT2D eigenvalue weighted by molar-refractivity contribution is 7.98. The van der Waals surface area contributed by atoms with E-state index in [-0.39, 0.29) is 6.61 Å². The maximum absolute atomic E-state index is 8.45. The third-order valence-electron chi connectivity index (χ3n) is 2.91. The first-order valence-electron chi connectivity index (χ1n) is 6.49. The number of rotatable bonds is 8. The number of nitrogens with zero attached hydrogens (tertiary/aromatic N) is 1. The van der Waals surface area contributed by atoms with Gasteiger partial charge in [-0.15, -0.1) is 0 Å². The fourth-order valence-electron chi connectivity index (χ4n) is 1.81. The Labute approximate surface area is 120 Å². The molecule has 0 amide bonds. The van der Waals surface area contributed by atoms with Gasteiger partial charge in [0.05, 0.1) is 0 Å². The highest BCUT2D eigenvalue weighted by Gasteiger charge is 2.07. The van der Waals surface area contributed by atoms with Crippen LogP contribution in [-0.4, -0.2) is 25.2 Å². The maximum atomic E-state index is 8.45. The van der Waals surface area contributed by atoms with Crippen molar-refractivity contribution in [1.82, 2.24) is 5.32 Å². The van der Waals surface area contributed by atoms with E-state index in [1.165, 1.54) is 11.3 Å². The molecule has 0 saturated carbocycles. The van der Waals surface area contributed by atoms with Crippen LogP contribution in [0.15, 0.2) is 24.3 Å². The number of thioether (sulfide) groups is 1. The lowest BCUT2D eigenvalue weighted by Crippen LogP contribution is -2.25. The summed E-state index contributed by atoms with van der Waals surface area (Å²) in [5, 5.41) is 12.0. The first kappa shape index (κ1) is 15.9. The molecule has 19 heavy (non-hydrogen) atoms. The van der Waals surface area contributed by atoms with Crippen LogP contribution in [-0.2, 0) is 0 Å². The molecule has 0 aliphatic rings. The van der Waals surface area contributed by atoms with E-state index >= 15 is 0 Å². The molecule has 0 radical (unpaired) electrons. The van der Waals surface area contributed by atoms with Gasteiger partial charge in [0.2, 0.25) is 0 Å². The van der Waals surface area contributed by atoms with Gasteiger partial charge in [0.15, 0.2) is 6.61 Å². The van der Waals surface area contributed by atoms with Crippen LogP contribution in [0.4, 0.5) is 0 Å². The minimum atomic E-state index is 0.0966. The van der Waals surface area contributed by atoms with Gasteiger partial charge in [-0.1, -0.05) is 19.1 Å². The van der Waals surface area contributed by atoms with Crippen LogP contribution >= 0.6 is 11.8 Å². The monoisotopic (exact) mass is 278 g/mol. The van der Waals surface area contributed by atoms with Crippen LogP contribution in [0.3, 0.4) is 0 Å². The topological polar surface area (TPSA) is 45.0 Å². The summed E-state index contributed by atoms with van der Waals surface area (Å²) in [7, 11) is 0. The molecular formula is C15H22N2OS. The summed E-state index contributed by atoms with van der Waals surface area (Å²) in [4.78, 5) is 0. The zero-order valence-corrected chi connectivity index (χ0v) is 12.7. The van der Waals surface area contributed by atoms with Crippen molar-refractivity contribution in [1.29, 1.82) is 5.26 Å². The summed E-state index contributed by atoms with van der Waals surface area (Å²) in [6.07, 6.45) is 2.14. The van der Waals surface area contributed by atoms with E-state index in [4.69, 9.17) is 10.00 Å². The van der Waals surface area contributed by atoms with Gasteiger partial charge in [-0.25, -0.2) is 0 Å². The standard InChI is InChI=1S/C15H22N2OS/c1-12(11-19-3)10-17-13(2)14-4-6-15(7-5-14)18-9-8-16/h4-7,12-13,17H,9-11H2,1-3H3. The molecule has 0 saturated heterocycles. The third kappa shape index (κ3) is 6.00. The predicted octanol–water partition coefficient (Wildman–Crippen LogP) is 3.24. The van der Waals surface area contributed by atoms with Crippen molar-refractivity contribution in [3.8, 4) is 11.8 Å². The molecule has 1 aromatic rings. The highest BCUT2D eigenvalue weighted by Crippen LogP contribution is 2.18. The fraction of sp³-hybridized carbons (Fsp3) is 0.533. The van der Waals surface area contributed by atoms with Crippen LogP contribution in [0.5, 0.6) is 5.75 Å². The normalized spacial score (nSPS) is 13.6. The molecule has 3 nitrogen and oxygen atoms in total. The fourth-order valence-corrected chi connectivity index (χ4v) is 2.49. The van der Waals surface area contributed by atoms with E-state index in [2.05, 4.69) is 25.4 Å². The lowest BCUT2D eigenvalue weighted by molar-refractivity contribution is 0.368. The number of benzene rings is 1. The molecule has 1 aromatic carbocycles. The third-order valence-corrected chi connectivity index (χ3v) is 3.81. The van der Waals surface area contributed by atoms with Crippen LogP contribution < -0.4 is 10.1 Å². The van der Waals surface area contributed by atoms with Crippen molar-refractivity contribution in [3.05, 3.63) is 29.8 Å². The maximum Gasteiger partial charge on any atom is 0.174 e. The van der Waals surface area contributed by atoms with E-state index in [9.17, 15) is 0 Å². The van der Waals surface area contributed by atoms with Gasteiger partial charge in [-0.2, -0.15) is 17.0 Å². The van der Waals surface area contributed by atoms with Crippen molar-refractivity contribution in [2.45, 2.75) is 19.9 Å². The Bertz CT molecular complexity index is 400. The molecule has 0 heterocycles. The smallest absolute Gasteiger partial charge is 0.174 e. The largest absolute Gasteiger partial charge is 0.479 e. The Morgan fingerprint density at radius 1 is 1.32 bits per heavy atom. The molecule has 0 aromatic heterocycles. The lowest BCUT2D eigenvalue weighted by atomic mass is 10.1. The molecule has 2 atom stereocenters. The zero-order chi connectivity index (χ0) is 14.1. The Morgan fingerprint density at radius 2 is 2.00 bits per heavy atom. The molecule has 0 fully saturated rings. The van der Waals surface area contributed by atoms with Crippen molar-refractivity contribution < 1.29 is 4.74 Å². The van der Waals surface area contributed by atoms with Crippen molar-refractivity contribution in [3.63, 3.8) is 0 Å². The molecule has 0 spiro atoms. The molecule has 4 heteroatoms. The Hall–Kier alpha value is -1.18. The van der Waals surface area contributed by atoms with Crippen molar-refractivity contribution >= 4 is 11.8 Å². The Balaban J connectivity index is 2.44. The summed E-state index contributed by atoms with van der Waals surface area (Å²) >= 11 is 1.88. The number of nitriles is 1. The number of hydrogen-bond donors (Lipinski definition) is 1. The van der Waals surface area contributed by atoms with Crippen LogP contribution in [0, 0.1) is 17.2 Å². The summed E-state index contributed by atoms with van der Waals surface area (Å²) in [5.41, 5.74) is 1.24. The van der Waals surface area contributed by atoms with Gasteiger partial charge >= 0.3 is 0 Å². The second-order valence-electron chi connectivity index (χ2n) is 4.71. The summed E-state index contributed by atoms with van der Waals surface area (Å²) in [6.45, 7) is 5.54. The second kappa shape index (κ2) is 8.84. The summed E-state index contributed by atoms with van der Waals surface area (Å²) in [6, 6.07) is 10.2. The van der Waals surface area contributed by atoms with Gasteiger partial charge < -0.3 is 10.1 Å². The van der Waals surface area contributed by atoms with Gasteiger partial charge in [0.1, 0.15) is 11.8 Å². The zero-order valence-electron chi connectivity index (χ0n) is 11.8. The summed E-state index contributed by atoms with van der Waals surface area (Å²) < 4.78 is 5.24. The van der Waals surface area contributed by atoms with Crippen LogP contribution in [0.1, 0.15) is 25.5 Å². The molecule has 0 bridgehead atoms. The SMILES string of the molecule is CSCC(C)CNC(C)c1ccc(OCC#N)cc1. The number of nitrogens with one attached hydrogen (secondary N) is 1. The number of ether oxygens (including phenoxy) is 1. The van der Waals surface area contributed by atoms with E-state index in [0.29, 0.717) is 12.0 Å². The highest BCUT2D eigenvalue weighted by atomic mass is 32.2. The molecule has 104 valence electrons. The molecular weight excluding hydrogens is 256 g/mol. The Kier molecular flexibility index (Phi) is 7.39. The first-order valence-corrected chi connectivity index (χ1v) is 7.88. The van der Waals surface area contributed by atoms with E-state index < -0.39 is 0 Å². The minimum Gasteiger partial charge on any atom is -0.479 e. The summed E-state index contributed by atoms with van der Waals surface area (Å²) in [5.74, 6) is 2.60. The van der Waals surface area contributed by atoms with E-state index in [0.717, 1.165) is 12.3 Å². The Morgan fingerprint density at radius 3 is 2.58 bits per heavy atom. The predicted molar refractivity (Wildman–Crippen MR) is 81.5 cm³/mol. The van der Waals surface area contributed by atoms with Crippen molar-refractivity contribution in [2.24, 2.45) is 5.92 Å². The molecule has 1 rings (SSSR count). The average molecular weight is 278 g/mol. The van der Waals surface area contributed by atoms with Crippen molar-refractivity contribution in [2.75, 3.05) is 25.2 Å². The molecule has 0 aliphatic carbocycles. The number of hydrogen-bond acceptors (Lipinski definition) is 4.